The molecule has 1 heterocycles. The van der Waals surface area contributed by atoms with Crippen molar-refractivity contribution in [1.29, 1.82) is 0 Å². The molecule has 0 aromatic heterocycles. The van der Waals surface area contributed by atoms with E-state index in [1.165, 1.54) is 4.90 Å². The largest absolute Gasteiger partial charge is 0.352 e. The zero-order valence-corrected chi connectivity index (χ0v) is 13.8. The van der Waals surface area contributed by atoms with Gasteiger partial charge in [0.1, 0.15) is 12.6 Å². The highest BCUT2D eigenvalue weighted by Gasteiger charge is 2.43. The Balaban J connectivity index is 2.07. The highest BCUT2D eigenvalue weighted by Crippen LogP contribution is 2.25. The summed E-state index contributed by atoms with van der Waals surface area (Å²) in [7, 11) is 0. The van der Waals surface area contributed by atoms with E-state index in [4.69, 9.17) is 0 Å². The van der Waals surface area contributed by atoms with Crippen LogP contribution in [0.4, 0.5) is 10.5 Å². The second kappa shape index (κ2) is 7.26. The van der Waals surface area contributed by atoms with Gasteiger partial charge in [0, 0.05) is 11.7 Å². The third-order valence-corrected chi connectivity index (χ3v) is 3.91. The molecule has 0 radical (unpaired) electrons. The van der Waals surface area contributed by atoms with Crippen molar-refractivity contribution in [2.75, 3.05) is 11.4 Å². The van der Waals surface area contributed by atoms with E-state index in [1.807, 2.05) is 32.0 Å². The van der Waals surface area contributed by atoms with Gasteiger partial charge in [-0.15, -0.1) is 0 Å². The normalized spacial score (nSPS) is 19.2. The summed E-state index contributed by atoms with van der Waals surface area (Å²) in [6.45, 7) is 5.38. The van der Waals surface area contributed by atoms with Gasteiger partial charge in [-0.2, -0.15) is 0 Å². The van der Waals surface area contributed by atoms with Gasteiger partial charge in [0.2, 0.25) is 5.91 Å². The third-order valence-electron chi connectivity index (χ3n) is 3.91. The van der Waals surface area contributed by atoms with Crippen molar-refractivity contribution in [3.8, 4) is 0 Å². The molecule has 0 saturated carbocycles. The Labute approximate surface area is 136 Å². The molecule has 1 N–H and O–H groups in total. The molecule has 23 heavy (non-hydrogen) atoms. The smallest absolute Gasteiger partial charge is 0.332 e. The summed E-state index contributed by atoms with van der Waals surface area (Å²) >= 11 is 0. The van der Waals surface area contributed by atoms with Crippen molar-refractivity contribution in [3.63, 3.8) is 0 Å². The van der Waals surface area contributed by atoms with Gasteiger partial charge in [-0.1, -0.05) is 31.5 Å². The molecule has 6 heteroatoms. The lowest BCUT2D eigenvalue weighted by atomic mass is 10.2. The summed E-state index contributed by atoms with van der Waals surface area (Å²) in [5, 5.41) is 2.81. The average Bonchev–Trinajstić information content (AvgIpc) is 2.72. The van der Waals surface area contributed by atoms with Crippen molar-refractivity contribution in [1.82, 2.24) is 10.2 Å². The van der Waals surface area contributed by atoms with Crippen molar-refractivity contribution in [3.05, 3.63) is 30.3 Å². The SMILES string of the molecule is CCC[C@H](C)NC(=O)CN1C(=O)[C@@H](C)N(c2ccccc2)C1=O. The van der Waals surface area contributed by atoms with Gasteiger partial charge < -0.3 is 5.32 Å². The number of rotatable bonds is 6. The Morgan fingerprint density at radius 2 is 1.91 bits per heavy atom. The zero-order chi connectivity index (χ0) is 17.0. The van der Waals surface area contributed by atoms with Crippen LogP contribution in [0.1, 0.15) is 33.6 Å². The number of benzene rings is 1. The number of imide groups is 1. The predicted octanol–water partition coefficient (Wildman–Crippen LogP) is 2.15. The van der Waals surface area contributed by atoms with Crippen LogP contribution in [0, 0.1) is 0 Å². The van der Waals surface area contributed by atoms with E-state index < -0.39 is 12.1 Å². The summed E-state index contributed by atoms with van der Waals surface area (Å²) in [6, 6.07) is 7.98. The summed E-state index contributed by atoms with van der Waals surface area (Å²) in [5.74, 6) is -0.660. The van der Waals surface area contributed by atoms with Crippen LogP contribution in [0.2, 0.25) is 0 Å². The molecule has 1 fully saturated rings. The number of hydrogen-bond donors (Lipinski definition) is 1. The molecule has 0 bridgehead atoms. The molecule has 2 rings (SSSR count). The second-order valence-electron chi connectivity index (χ2n) is 5.85. The Morgan fingerprint density at radius 1 is 1.26 bits per heavy atom. The Kier molecular flexibility index (Phi) is 5.36. The molecule has 1 aliphatic heterocycles. The molecule has 4 amide bonds. The molecular formula is C17H23N3O3. The number of para-hydroxylation sites is 1. The number of amides is 4. The number of nitrogens with zero attached hydrogens (tertiary/aromatic N) is 2. The fourth-order valence-electron chi connectivity index (χ4n) is 2.76. The number of urea groups is 1. The van der Waals surface area contributed by atoms with E-state index in [0.717, 1.165) is 17.7 Å². The van der Waals surface area contributed by atoms with Crippen molar-refractivity contribution >= 4 is 23.5 Å². The Hall–Kier alpha value is -2.37. The summed E-state index contributed by atoms with van der Waals surface area (Å²) in [6.07, 6.45) is 1.82. The van der Waals surface area contributed by atoms with Gasteiger partial charge in [-0.3, -0.25) is 19.4 Å². The minimum absolute atomic E-state index is 0.0305. The van der Waals surface area contributed by atoms with Crippen molar-refractivity contribution in [2.24, 2.45) is 0 Å². The number of carbonyl (C=O) groups excluding carboxylic acids is 3. The molecule has 0 spiro atoms. The highest BCUT2D eigenvalue weighted by molar-refractivity contribution is 6.15. The van der Waals surface area contributed by atoms with Gasteiger partial charge in [-0.05, 0) is 32.4 Å². The van der Waals surface area contributed by atoms with Gasteiger partial charge in [0.15, 0.2) is 0 Å². The third kappa shape index (κ3) is 3.70. The quantitative estimate of drug-likeness (QED) is 0.817. The molecule has 1 aromatic carbocycles. The molecule has 0 unspecified atom stereocenters. The number of hydrogen-bond acceptors (Lipinski definition) is 3. The van der Waals surface area contributed by atoms with Crippen LogP contribution >= 0.6 is 0 Å². The van der Waals surface area contributed by atoms with Crippen LogP contribution in [-0.4, -0.2) is 41.4 Å². The predicted molar refractivity (Wildman–Crippen MR) is 88.0 cm³/mol. The maximum absolute atomic E-state index is 12.5. The number of carbonyl (C=O) groups is 3. The molecule has 1 saturated heterocycles. The van der Waals surface area contributed by atoms with Gasteiger partial charge >= 0.3 is 6.03 Å². The van der Waals surface area contributed by atoms with E-state index in [-0.39, 0.29) is 24.4 Å². The molecule has 6 nitrogen and oxygen atoms in total. The lowest BCUT2D eigenvalue weighted by molar-refractivity contribution is -0.132. The fourth-order valence-corrected chi connectivity index (χ4v) is 2.76. The maximum atomic E-state index is 12.5. The standard InChI is InChI=1S/C17H23N3O3/c1-4-8-12(2)18-15(21)11-19-16(22)13(3)20(17(19)23)14-9-6-5-7-10-14/h5-7,9-10,12-13H,4,8,11H2,1-3H3,(H,18,21)/t12-,13+/m0/s1. The molecular weight excluding hydrogens is 294 g/mol. The molecule has 1 aromatic rings. The van der Waals surface area contributed by atoms with Crippen LogP contribution in [0.15, 0.2) is 30.3 Å². The van der Waals surface area contributed by atoms with Crippen molar-refractivity contribution < 1.29 is 14.4 Å². The lowest BCUT2D eigenvalue weighted by Gasteiger charge is -2.19. The highest BCUT2D eigenvalue weighted by atomic mass is 16.2. The maximum Gasteiger partial charge on any atom is 0.332 e. The second-order valence-corrected chi connectivity index (χ2v) is 5.85. The summed E-state index contributed by atoms with van der Waals surface area (Å²) in [5.41, 5.74) is 0.653. The minimum atomic E-state index is -0.606. The van der Waals surface area contributed by atoms with E-state index in [2.05, 4.69) is 5.32 Å². The van der Waals surface area contributed by atoms with Gasteiger partial charge in [-0.25, -0.2) is 4.79 Å². The summed E-state index contributed by atoms with van der Waals surface area (Å²) < 4.78 is 0. The first kappa shape index (κ1) is 17.0. The average molecular weight is 317 g/mol. The van der Waals surface area contributed by atoms with Crippen LogP contribution < -0.4 is 10.2 Å². The molecule has 124 valence electrons. The monoisotopic (exact) mass is 317 g/mol. The fraction of sp³-hybridized carbons (Fsp3) is 0.471. The molecule has 1 aliphatic rings. The van der Waals surface area contributed by atoms with Crippen LogP contribution in [-0.2, 0) is 9.59 Å². The van der Waals surface area contributed by atoms with E-state index in [1.54, 1.807) is 19.1 Å². The van der Waals surface area contributed by atoms with E-state index >= 15 is 0 Å². The van der Waals surface area contributed by atoms with E-state index in [0.29, 0.717) is 5.69 Å². The first-order chi connectivity index (χ1) is 11.0. The number of nitrogens with one attached hydrogen (secondary N) is 1. The van der Waals surface area contributed by atoms with E-state index in [9.17, 15) is 14.4 Å². The molecule has 2 atom stereocenters. The lowest BCUT2D eigenvalue weighted by Crippen LogP contribution is -2.44. The van der Waals surface area contributed by atoms with Crippen LogP contribution in [0.25, 0.3) is 0 Å². The van der Waals surface area contributed by atoms with Gasteiger partial charge in [0.05, 0.1) is 0 Å². The zero-order valence-electron chi connectivity index (χ0n) is 13.8. The first-order valence-electron chi connectivity index (χ1n) is 7.94. The Morgan fingerprint density at radius 3 is 2.52 bits per heavy atom. The Bertz CT molecular complexity index is 588. The van der Waals surface area contributed by atoms with Crippen LogP contribution in [0.3, 0.4) is 0 Å². The number of anilines is 1. The topological polar surface area (TPSA) is 69.7 Å². The molecule has 0 aliphatic carbocycles. The minimum Gasteiger partial charge on any atom is -0.352 e. The van der Waals surface area contributed by atoms with Gasteiger partial charge in [0.25, 0.3) is 5.91 Å². The first-order valence-corrected chi connectivity index (χ1v) is 7.94. The van der Waals surface area contributed by atoms with Crippen LogP contribution in [0.5, 0.6) is 0 Å². The van der Waals surface area contributed by atoms with Crippen molar-refractivity contribution in [2.45, 2.75) is 45.7 Å². The summed E-state index contributed by atoms with van der Waals surface area (Å²) in [4.78, 5) is 39.3.